The Morgan fingerprint density at radius 2 is 1.74 bits per heavy atom. The number of hydrogen-bond donors (Lipinski definition) is 2. The van der Waals surface area contributed by atoms with Crippen molar-refractivity contribution in [1.29, 1.82) is 0 Å². The van der Waals surface area contributed by atoms with Gasteiger partial charge in [-0.3, -0.25) is 4.79 Å². The number of nitrogens with one attached hydrogen (secondary N) is 1. The summed E-state index contributed by atoms with van der Waals surface area (Å²) < 4.78 is 0. The van der Waals surface area contributed by atoms with Crippen LogP contribution in [0.15, 0.2) is 0 Å². The number of amides is 1. The van der Waals surface area contributed by atoms with Gasteiger partial charge in [0, 0.05) is 5.92 Å². The van der Waals surface area contributed by atoms with E-state index in [1.165, 1.54) is 0 Å². The molecule has 108 valence electrons. The molecule has 1 atom stereocenters. The van der Waals surface area contributed by atoms with Gasteiger partial charge in [0.1, 0.15) is 5.54 Å². The summed E-state index contributed by atoms with van der Waals surface area (Å²) in [6, 6.07) is 0. The van der Waals surface area contributed by atoms with Crippen molar-refractivity contribution >= 4 is 11.9 Å². The first-order chi connectivity index (χ1) is 8.85. The van der Waals surface area contributed by atoms with E-state index in [0.29, 0.717) is 12.8 Å². The second kappa shape index (κ2) is 5.14. The number of carboxylic acids is 1. The average molecular weight is 267 g/mol. The monoisotopic (exact) mass is 267 g/mol. The van der Waals surface area contributed by atoms with Crippen LogP contribution in [0.5, 0.6) is 0 Å². The fraction of sp³-hybridized carbons (Fsp3) is 0.867. The van der Waals surface area contributed by atoms with Crippen LogP contribution in [0.3, 0.4) is 0 Å². The van der Waals surface area contributed by atoms with Gasteiger partial charge in [0.25, 0.3) is 0 Å². The molecule has 4 nitrogen and oxygen atoms in total. The Labute approximate surface area is 115 Å². The Morgan fingerprint density at radius 1 is 1.11 bits per heavy atom. The van der Waals surface area contributed by atoms with Crippen LogP contribution in [-0.2, 0) is 9.59 Å². The van der Waals surface area contributed by atoms with Gasteiger partial charge in [-0.05, 0) is 37.5 Å². The Bertz CT molecular complexity index is 370. The molecule has 2 aliphatic rings. The van der Waals surface area contributed by atoms with Crippen molar-refractivity contribution in [3.8, 4) is 0 Å². The highest BCUT2D eigenvalue weighted by Gasteiger charge is 2.44. The van der Waals surface area contributed by atoms with E-state index in [1.54, 1.807) is 0 Å². The number of carboxylic acid groups (broad SMARTS) is 1. The molecule has 1 unspecified atom stereocenters. The van der Waals surface area contributed by atoms with E-state index >= 15 is 0 Å². The van der Waals surface area contributed by atoms with Crippen LogP contribution in [-0.4, -0.2) is 22.5 Å². The Hall–Kier alpha value is -1.06. The van der Waals surface area contributed by atoms with Crippen LogP contribution in [0.4, 0.5) is 0 Å². The summed E-state index contributed by atoms with van der Waals surface area (Å²) >= 11 is 0. The van der Waals surface area contributed by atoms with Crippen molar-refractivity contribution in [2.75, 3.05) is 0 Å². The molecule has 2 saturated carbocycles. The lowest BCUT2D eigenvalue weighted by Gasteiger charge is -2.36. The average Bonchev–Trinajstić information content (AvgIpc) is 2.77. The molecule has 2 aliphatic carbocycles. The molecule has 0 spiro atoms. The van der Waals surface area contributed by atoms with Crippen molar-refractivity contribution in [3.05, 3.63) is 0 Å². The van der Waals surface area contributed by atoms with Crippen LogP contribution in [0.25, 0.3) is 0 Å². The highest BCUT2D eigenvalue weighted by atomic mass is 16.4. The molecule has 0 radical (unpaired) electrons. The summed E-state index contributed by atoms with van der Waals surface area (Å²) in [6.07, 6.45) is 6.91. The predicted octanol–water partition coefficient (Wildman–Crippen LogP) is 2.72. The normalized spacial score (nSPS) is 28.8. The van der Waals surface area contributed by atoms with Gasteiger partial charge in [-0.25, -0.2) is 4.79 Å². The van der Waals surface area contributed by atoms with Gasteiger partial charge in [0.2, 0.25) is 5.91 Å². The minimum Gasteiger partial charge on any atom is -0.480 e. The van der Waals surface area contributed by atoms with Crippen molar-refractivity contribution in [3.63, 3.8) is 0 Å². The fourth-order valence-electron chi connectivity index (χ4n) is 3.63. The molecule has 0 aromatic carbocycles. The zero-order chi connectivity index (χ0) is 14.1. The molecule has 0 bridgehead atoms. The highest BCUT2D eigenvalue weighted by Crippen LogP contribution is 2.39. The van der Waals surface area contributed by atoms with E-state index in [0.717, 1.165) is 38.5 Å². The SMILES string of the molecule is CC1(C)CCCC(C(=O)NC2(C(=O)O)CCCC2)C1. The van der Waals surface area contributed by atoms with E-state index in [1.807, 2.05) is 0 Å². The summed E-state index contributed by atoms with van der Waals surface area (Å²) in [4.78, 5) is 23.8. The van der Waals surface area contributed by atoms with Crippen molar-refractivity contribution in [1.82, 2.24) is 5.32 Å². The van der Waals surface area contributed by atoms with Gasteiger partial charge in [-0.15, -0.1) is 0 Å². The predicted molar refractivity (Wildman–Crippen MR) is 72.7 cm³/mol. The summed E-state index contributed by atoms with van der Waals surface area (Å²) in [7, 11) is 0. The molecule has 0 aromatic rings. The van der Waals surface area contributed by atoms with Gasteiger partial charge >= 0.3 is 5.97 Å². The molecule has 0 heterocycles. The molecule has 2 rings (SSSR count). The minimum absolute atomic E-state index is 0.0134. The number of aliphatic carboxylic acids is 1. The van der Waals surface area contributed by atoms with E-state index < -0.39 is 11.5 Å². The van der Waals surface area contributed by atoms with Crippen LogP contribution >= 0.6 is 0 Å². The third-order valence-corrected chi connectivity index (χ3v) is 4.80. The van der Waals surface area contributed by atoms with Crippen molar-refractivity contribution in [2.24, 2.45) is 11.3 Å². The van der Waals surface area contributed by atoms with Crippen LogP contribution in [0.2, 0.25) is 0 Å². The Balaban J connectivity index is 2.02. The topological polar surface area (TPSA) is 66.4 Å². The number of carbonyl (C=O) groups excluding carboxylic acids is 1. The smallest absolute Gasteiger partial charge is 0.329 e. The van der Waals surface area contributed by atoms with Crippen molar-refractivity contribution in [2.45, 2.75) is 70.8 Å². The number of hydrogen-bond acceptors (Lipinski definition) is 2. The lowest BCUT2D eigenvalue weighted by molar-refractivity contribution is -0.148. The maximum atomic E-state index is 12.4. The van der Waals surface area contributed by atoms with E-state index in [9.17, 15) is 14.7 Å². The summed E-state index contributed by atoms with van der Waals surface area (Å²) in [5.41, 5.74) is -0.787. The minimum atomic E-state index is -0.987. The lowest BCUT2D eigenvalue weighted by atomic mass is 9.72. The molecule has 0 aromatic heterocycles. The second-order valence-electron chi connectivity index (χ2n) is 7.04. The summed E-state index contributed by atoms with van der Waals surface area (Å²) in [5.74, 6) is -0.925. The third kappa shape index (κ3) is 3.10. The van der Waals surface area contributed by atoms with Gasteiger partial charge in [0.15, 0.2) is 0 Å². The van der Waals surface area contributed by atoms with Gasteiger partial charge in [-0.2, -0.15) is 0 Å². The van der Waals surface area contributed by atoms with Gasteiger partial charge in [-0.1, -0.05) is 33.1 Å². The van der Waals surface area contributed by atoms with Crippen LogP contribution in [0.1, 0.15) is 65.2 Å². The summed E-state index contributed by atoms with van der Waals surface area (Å²) in [5, 5.41) is 12.3. The zero-order valence-electron chi connectivity index (χ0n) is 12.0. The molecule has 0 aliphatic heterocycles. The maximum Gasteiger partial charge on any atom is 0.329 e. The molecule has 19 heavy (non-hydrogen) atoms. The first kappa shape index (κ1) is 14.4. The van der Waals surface area contributed by atoms with Crippen LogP contribution < -0.4 is 5.32 Å². The summed E-state index contributed by atoms with van der Waals surface area (Å²) in [6.45, 7) is 4.38. The van der Waals surface area contributed by atoms with E-state index in [4.69, 9.17) is 0 Å². The first-order valence-electron chi connectivity index (χ1n) is 7.40. The standard InChI is InChI=1S/C15H25NO3/c1-14(2)7-5-6-11(10-14)12(17)16-15(13(18)19)8-3-4-9-15/h11H,3-10H2,1-2H3,(H,16,17)(H,18,19). The van der Waals surface area contributed by atoms with Crippen LogP contribution in [0, 0.1) is 11.3 Å². The molecule has 1 amide bonds. The Morgan fingerprint density at radius 3 is 2.26 bits per heavy atom. The van der Waals surface area contributed by atoms with Crippen molar-refractivity contribution < 1.29 is 14.7 Å². The van der Waals surface area contributed by atoms with Gasteiger partial charge in [0.05, 0.1) is 0 Å². The second-order valence-corrected chi connectivity index (χ2v) is 7.04. The molecule has 2 fully saturated rings. The molecular formula is C15H25NO3. The molecular weight excluding hydrogens is 242 g/mol. The molecule has 2 N–H and O–H groups in total. The molecule has 0 saturated heterocycles. The zero-order valence-corrected chi connectivity index (χ0v) is 12.0. The Kier molecular flexibility index (Phi) is 3.88. The fourth-order valence-corrected chi connectivity index (χ4v) is 3.63. The highest BCUT2D eigenvalue weighted by molar-refractivity contribution is 5.88. The molecule has 4 heteroatoms. The van der Waals surface area contributed by atoms with E-state index in [2.05, 4.69) is 19.2 Å². The largest absolute Gasteiger partial charge is 0.480 e. The maximum absolute atomic E-state index is 12.4. The lowest BCUT2D eigenvalue weighted by Crippen LogP contribution is -2.54. The van der Waals surface area contributed by atoms with Gasteiger partial charge < -0.3 is 10.4 Å². The number of rotatable bonds is 3. The third-order valence-electron chi connectivity index (χ3n) is 4.80. The number of carbonyl (C=O) groups is 2. The van der Waals surface area contributed by atoms with E-state index in [-0.39, 0.29) is 17.2 Å². The quantitative estimate of drug-likeness (QED) is 0.826. The first-order valence-corrected chi connectivity index (χ1v) is 7.40.